The lowest BCUT2D eigenvalue weighted by Crippen LogP contribution is -2.26. The molecule has 0 spiro atoms. The van der Waals surface area contributed by atoms with Crippen LogP contribution in [0.25, 0.3) is 0 Å². The molecule has 0 rings (SSSR count). The monoisotopic (exact) mass is 214 g/mol. The van der Waals surface area contributed by atoms with Gasteiger partial charge in [-0.1, -0.05) is 33.1 Å². The average molecular weight is 214 g/mol. The highest BCUT2D eigenvalue weighted by atomic mass is 16.1. The van der Waals surface area contributed by atoms with Gasteiger partial charge >= 0.3 is 0 Å². The molecule has 0 radical (unpaired) electrons. The first-order valence-corrected chi connectivity index (χ1v) is 6.22. The van der Waals surface area contributed by atoms with E-state index >= 15 is 0 Å². The van der Waals surface area contributed by atoms with E-state index in [0.717, 1.165) is 38.4 Å². The quantitative estimate of drug-likeness (QED) is 0.407. The summed E-state index contributed by atoms with van der Waals surface area (Å²) in [6.45, 7) is 7.41. The smallest absolute Gasteiger partial charge is 0.207 e. The van der Waals surface area contributed by atoms with E-state index in [-0.39, 0.29) is 0 Å². The van der Waals surface area contributed by atoms with Crippen LogP contribution in [0.1, 0.15) is 46.0 Å². The fraction of sp³-hybridized carbons (Fsp3) is 0.917. The molecule has 0 saturated carbocycles. The summed E-state index contributed by atoms with van der Waals surface area (Å²) in [6.07, 6.45) is 7.01. The Kier molecular flexibility index (Phi) is 11.1. The Hall–Kier alpha value is -0.570. The second kappa shape index (κ2) is 11.5. The van der Waals surface area contributed by atoms with Crippen molar-refractivity contribution in [1.82, 2.24) is 10.6 Å². The van der Waals surface area contributed by atoms with Crippen LogP contribution >= 0.6 is 0 Å². The summed E-state index contributed by atoms with van der Waals surface area (Å²) in [4.78, 5) is 9.98. The highest BCUT2D eigenvalue weighted by molar-refractivity contribution is 5.45. The minimum Gasteiger partial charge on any atom is -0.359 e. The second-order valence-corrected chi connectivity index (χ2v) is 4.05. The summed E-state index contributed by atoms with van der Waals surface area (Å²) >= 11 is 0. The first kappa shape index (κ1) is 14.4. The largest absolute Gasteiger partial charge is 0.359 e. The first-order valence-electron chi connectivity index (χ1n) is 6.22. The van der Waals surface area contributed by atoms with Crippen molar-refractivity contribution in [3.05, 3.63) is 0 Å². The van der Waals surface area contributed by atoms with Gasteiger partial charge in [-0.25, -0.2) is 0 Å². The number of unbranched alkanes of at least 4 members (excludes halogenated alkanes) is 1. The number of hydrogen-bond acceptors (Lipinski definition) is 2. The molecule has 1 amide bonds. The Morgan fingerprint density at radius 1 is 1.20 bits per heavy atom. The van der Waals surface area contributed by atoms with E-state index in [2.05, 4.69) is 24.5 Å². The first-order chi connectivity index (χ1) is 7.35. The van der Waals surface area contributed by atoms with E-state index in [1.165, 1.54) is 25.7 Å². The summed E-state index contributed by atoms with van der Waals surface area (Å²) in [6, 6.07) is 0. The highest BCUT2D eigenvalue weighted by Gasteiger charge is 2.04. The molecule has 0 aromatic rings. The maximum atomic E-state index is 9.98. The maximum absolute atomic E-state index is 9.98. The zero-order chi connectivity index (χ0) is 11.4. The Balaban J connectivity index is 3.25. The summed E-state index contributed by atoms with van der Waals surface area (Å²) in [5.41, 5.74) is 0. The maximum Gasteiger partial charge on any atom is 0.207 e. The van der Waals surface area contributed by atoms with Gasteiger partial charge in [0.2, 0.25) is 6.41 Å². The van der Waals surface area contributed by atoms with Crippen molar-refractivity contribution in [2.75, 3.05) is 19.6 Å². The minimum absolute atomic E-state index is 0.760. The third kappa shape index (κ3) is 9.73. The molecule has 0 aromatic carbocycles. The standard InChI is InChI=1S/C12H26N2O/c1-3-5-7-12(4-2)10-13-8-6-9-14-11-15/h11-13H,3-10H2,1-2H3,(H,14,15). The fourth-order valence-electron chi connectivity index (χ4n) is 1.62. The van der Waals surface area contributed by atoms with Crippen LogP contribution in [0.3, 0.4) is 0 Å². The Morgan fingerprint density at radius 2 is 2.00 bits per heavy atom. The Bertz CT molecular complexity index is 140. The van der Waals surface area contributed by atoms with Crippen molar-refractivity contribution in [1.29, 1.82) is 0 Å². The summed E-state index contributed by atoms with van der Waals surface area (Å²) in [5.74, 6) is 0.823. The lowest BCUT2D eigenvalue weighted by molar-refractivity contribution is -0.109. The van der Waals surface area contributed by atoms with Crippen LogP contribution in [0, 0.1) is 5.92 Å². The predicted molar refractivity (Wildman–Crippen MR) is 64.9 cm³/mol. The summed E-state index contributed by atoms with van der Waals surface area (Å²) in [5, 5.41) is 6.11. The molecule has 2 N–H and O–H groups in total. The topological polar surface area (TPSA) is 41.1 Å². The van der Waals surface area contributed by atoms with Gasteiger partial charge in [-0.3, -0.25) is 4.79 Å². The molecule has 0 heterocycles. The van der Waals surface area contributed by atoms with Crippen LogP contribution < -0.4 is 10.6 Å². The van der Waals surface area contributed by atoms with Crippen LogP contribution in [0.4, 0.5) is 0 Å². The van der Waals surface area contributed by atoms with Gasteiger partial charge in [0.05, 0.1) is 0 Å². The van der Waals surface area contributed by atoms with E-state index in [1.54, 1.807) is 0 Å². The van der Waals surface area contributed by atoms with Crippen molar-refractivity contribution in [3.63, 3.8) is 0 Å². The lowest BCUT2D eigenvalue weighted by atomic mass is 9.99. The molecule has 0 aliphatic carbocycles. The van der Waals surface area contributed by atoms with Gasteiger partial charge in [0.25, 0.3) is 0 Å². The zero-order valence-corrected chi connectivity index (χ0v) is 10.2. The highest BCUT2D eigenvalue weighted by Crippen LogP contribution is 2.10. The van der Waals surface area contributed by atoms with Gasteiger partial charge in [0.15, 0.2) is 0 Å². The van der Waals surface area contributed by atoms with E-state index in [4.69, 9.17) is 0 Å². The van der Waals surface area contributed by atoms with E-state index in [9.17, 15) is 4.79 Å². The van der Waals surface area contributed by atoms with Gasteiger partial charge in [0.1, 0.15) is 0 Å². The Morgan fingerprint density at radius 3 is 2.60 bits per heavy atom. The summed E-state index contributed by atoms with van der Waals surface area (Å²) in [7, 11) is 0. The predicted octanol–water partition coefficient (Wildman–Crippen LogP) is 1.93. The molecule has 1 unspecified atom stereocenters. The van der Waals surface area contributed by atoms with Gasteiger partial charge in [-0.2, -0.15) is 0 Å². The van der Waals surface area contributed by atoms with Crippen molar-refractivity contribution in [2.24, 2.45) is 5.92 Å². The van der Waals surface area contributed by atoms with Crippen LogP contribution in [0.15, 0.2) is 0 Å². The molecular weight excluding hydrogens is 188 g/mol. The molecule has 0 aliphatic heterocycles. The second-order valence-electron chi connectivity index (χ2n) is 4.05. The minimum atomic E-state index is 0.760. The third-order valence-corrected chi connectivity index (χ3v) is 2.73. The number of rotatable bonds is 11. The van der Waals surface area contributed by atoms with Crippen molar-refractivity contribution < 1.29 is 4.79 Å². The van der Waals surface area contributed by atoms with Crippen molar-refractivity contribution in [3.8, 4) is 0 Å². The SMILES string of the molecule is CCCCC(CC)CNCCCNC=O. The fourth-order valence-corrected chi connectivity index (χ4v) is 1.62. The number of amides is 1. The van der Waals surface area contributed by atoms with E-state index in [1.807, 2.05) is 0 Å². The van der Waals surface area contributed by atoms with Crippen LogP contribution in [-0.4, -0.2) is 26.0 Å². The number of carbonyl (C=O) groups is 1. The lowest BCUT2D eigenvalue weighted by Gasteiger charge is -2.15. The van der Waals surface area contributed by atoms with Gasteiger partial charge in [-0.05, 0) is 31.8 Å². The summed E-state index contributed by atoms with van der Waals surface area (Å²) < 4.78 is 0. The molecule has 0 aliphatic rings. The molecule has 0 saturated heterocycles. The van der Waals surface area contributed by atoms with Crippen LogP contribution in [-0.2, 0) is 4.79 Å². The van der Waals surface area contributed by atoms with Crippen LogP contribution in [0.5, 0.6) is 0 Å². The van der Waals surface area contributed by atoms with Gasteiger partial charge in [0, 0.05) is 6.54 Å². The molecule has 90 valence electrons. The van der Waals surface area contributed by atoms with Crippen LogP contribution in [0.2, 0.25) is 0 Å². The zero-order valence-electron chi connectivity index (χ0n) is 10.2. The van der Waals surface area contributed by atoms with Crippen molar-refractivity contribution >= 4 is 6.41 Å². The molecular formula is C12H26N2O. The van der Waals surface area contributed by atoms with E-state index in [0.29, 0.717) is 0 Å². The molecule has 0 fully saturated rings. The number of hydrogen-bond donors (Lipinski definition) is 2. The molecule has 3 nitrogen and oxygen atoms in total. The Labute approximate surface area is 94.0 Å². The molecule has 0 bridgehead atoms. The average Bonchev–Trinajstić information content (AvgIpc) is 2.27. The number of nitrogens with one attached hydrogen (secondary N) is 2. The number of carbonyl (C=O) groups excluding carboxylic acids is 1. The van der Waals surface area contributed by atoms with Gasteiger partial charge < -0.3 is 10.6 Å². The molecule has 3 heteroatoms. The van der Waals surface area contributed by atoms with E-state index < -0.39 is 0 Å². The molecule has 15 heavy (non-hydrogen) atoms. The third-order valence-electron chi connectivity index (χ3n) is 2.73. The normalized spacial score (nSPS) is 12.4. The molecule has 1 atom stereocenters. The van der Waals surface area contributed by atoms with Crippen molar-refractivity contribution in [2.45, 2.75) is 46.0 Å². The molecule has 0 aromatic heterocycles. The van der Waals surface area contributed by atoms with Gasteiger partial charge in [-0.15, -0.1) is 0 Å².